The Bertz CT molecular complexity index is 645. The van der Waals surface area contributed by atoms with E-state index in [0.29, 0.717) is 11.1 Å². The molecule has 108 valence electrons. The summed E-state index contributed by atoms with van der Waals surface area (Å²) < 4.78 is 4.54. The molecule has 0 aliphatic rings. The molecule has 1 aromatic carbocycles. The van der Waals surface area contributed by atoms with E-state index in [1.807, 2.05) is 26.0 Å². The maximum absolute atomic E-state index is 11.7. The lowest BCUT2D eigenvalue weighted by molar-refractivity contribution is -0.114. The predicted molar refractivity (Wildman–Crippen MR) is 81.2 cm³/mol. The molecule has 1 heterocycles. The van der Waals surface area contributed by atoms with Gasteiger partial charge in [-0.3, -0.25) is 9.59 Å². The number of benzene rings is 1. The van der Waals surface area contributed by atoms with Gasteiger partial charge in [0.2, 0.25) is 5.91 Å². The lowest BCUT2D eigenvalue weighted by Crippen LogP contribution is -2.09. The summed E-state index contributed by atoms with van der Waals surface area (Å²) in [5, 5.41) is 4.10. The molecule has 0 aliphatic carbocycles. The SMILES string of the molecule is CC(=O)Nc1ccc2cc(C)[nH]c(=O)c2c1.CCOC. The Morgan fingerprint density at radius 1 is 1.35 bits per heavy atom. The standard InChI is InChI=1S/C12H12N2O2.C3H8O/c1-7-5-9-3-4-10(14-8(2)15)6-11(9)12(16)13-7;1-3-4-2/h3-6H,1-2H3,(H,13,16)(H,14,15);3H2,1-2H3. The molecule has 0 saturated heterocycles. The van der Waals surface area contributed by atoms with Crippen molar-refractivity contribution in [2.24, 2.45) is 0 Å². The molecule has 5 nitrogen and oxygen atoms in total. The number of H-pyrrole nitrogens is 1. The highest BCUT2D eigenvalue weighted by Crippen LogP contribution is 2.16. The average Bonchev–Trinajstić information content (AvgIpc) is 2.39. The van der Waals surface area contributed by atoms with Crippen molar-refractivity contribution in [1.29, 1.82) is 0 Å². The van der Waals surface area contributed by atoms with Crippen LogP contribution in [0.5, 0.6) is 0 Å². The fourth-order valence-electron chi connectivity index (χ4n) is 1.68. The third-order valence-electron chi connectivity index (χ3n) is 2.59. The minimum Gasteiger partial charge on any atom is -0.385 e. The van der Waals surface area contributed by atoms with Crippen LogP contribution < -0.4 is 10.9 Å². The van der Waals surface area contributed by atoms with Crippen molar-refractivity contribution < 1.29 is 9.53 Å². The minimum atomic E-state index is -0.150. The number of anilines is 1. The number of rotatable bonds is 2. The van der Waals surface area contributed by atoms with Crippen molar-refractivity contribution in [1.82, 2.24) is 4.98 Å². The van der Waals surface area contributed by atoms with Crippen LogP contribution in [0.25, 0.3) is 10.8 Å². The second-order valence-electron chi connectivity index (χ2n) is 4.34. The number of amides is 1. The van der Waals surface area contributed by atoms with Crippen molar-refractivity contribution in [3.8, 4) is 0 Å². The molecule has 0 unspecified atom stereocenters. The summed E-state index contributed by atoms with van der Waals surface area (Å²) in [6.07, 6.45) is 0. The van der Waals surface area contributed by atoms with Crippen LogP contribution in [0.4, 0.5) is 5.69 Å². The van der Waals surface area contributed by atoms with Crippen LogP contribution in [-0.4, -0.2) is 24.6 Å². The molecule has 20 heavy (non-hydrogen) atoms. The van der Waals surface area contributed by atoms with Gasteiger partial charge in [0, 0.05) is 37.4 Å². The van der Waals surface area contributed by atoms with Gasteiger partial charge in [-0.1, -0.05) is 6.07 Å². The molecule has 0 aliphatic heterocycles. The third kappa shape index (κ3) is 4.51. The Hall–Kier alpha value is -2.14. The van der Waals surface area contributed by atoms with Gasteiger partial charge < -0.3 is 15.0 Å². The topological polar surface area (TPSA) is 71.2 Å². The highest BCUT2D eigenvalue weighted by atomic mass is 16.5. The van der Waals surface area contributed by atoms with E-state index in [4.69, 9.17) is 0 Å². The van der Waals surface area contributed by atoms with Crippen molar-refractivity contribution in [2.45, 2.75) is 20.8 Å². The first kappa shape index (κ1) is 15.9. The molecule has 5 heteroatoms. The van der Waals surface area contributed by atoms with Gasteiger partial charge in [0.1, 0.15) is 0 Å². The molecule has 2 rings (SSSR count). The van der Waals surface area contributed by atoms with Crippen molar-refractivity contribution >= 4 is 22.4 Å². The Morgan fingerprint density at radius 2 is 2.00 bits per heavy atom. The van der Waals surface area contributed by atoms with Gasteiger partial charge in [-0.15, -0.1) is 0 Å². The van der Waals surface area contributed by atoms with E-state index in [-0.39, 0.29) is 11.5 Å². The van der Waals surface area contributed by atoms with E-state index in [9.17, 15) is 9.59 Å². The molecule has 0 radical (unpaired) electrons. The van der Waals surface area contributed by atoms with E-state index >= 15 is 0 Å². The molecule has 2 N–H and O–H groups in total. The van der Waals surface area contributed by atoms with Crippen molar-refractivity contribution in [3.05, 3.63) is 40.3 Å². The number of ether oxygens (including phenoxy) is 1. The number of carbonyl (C=O) groups excluding carboxylic acids is 1. The fraction of sp³-hybridized carbons (Fsp3) is 0.333. The lowest BCUT2D eigenvalue weighted by Gasteiger charge is -2.04. The molecular formula is C15H20N2O3. The van der Waals surface area contributed by atoms with Gasteiger partial charge in [0.25, 0.3) is 5.56 Å². The summed E-state index contributed by atoms with van der Waals surface area (Å²) >= 11 is 0. The number of carbonyl (C=O) groups is 1. The summed E-state index contributed by atoms with van der Waals surface area (Å²) in [5.74, 6) is -0.150. The molecular weight excluding hydrogens is 256 g/mol. The van der Waals surface area contributed by atoms with Crippen LogP contribution in [0, 0.1) is 6.92 Å². The first-order valence-electron chi connectivity index (χ1n) is 6.38. The molecule has 0 bridgehead atoms. The quantitative estimate of drug-likeness (QED) is 0.885. The number of aromatic amines is 1. The number of nitrogens with one attached hydrogen (secondary N) is 2. The van der Waals surface area contributed by atoms with Gasteiger partial charge in [0.15, 0.2) is 0 Å². The molecule has 1 amide bonds. The summed E-state index contributed by atoms with van der Waals surface area (Å²) in [6.45, 7) is 6.05. The largest absolute Gasteiger partial charge is 0.385 e. The van der Waals surface area contributed by atoms with Crippen LogP contribution >= 0.6 is 0 Å². The van der Waals surface area contributed by atoms with E-state index in [0.717, 1.165) is 17.7 Å². The number of fused-ring (bicyclic) bond motifs is 1. The zero-order chi connectivity index (χ0) is 15.1. The van der Waals surface area contributed by atoms with Crippen LogP contribution in [0.15, 0.2) is 29.1 Å². The Balaban J connectivity index is 0.000000444. The highest BCUT2D eigenvalue weighted by Gasteiger charge is 2.02. The fourth-order valence-corrected chi connectivity index (χ4v) is 1.68. The van der Waals surface area contributed by atoms with Crippen LogP contribution in [0.1, 0.15) is 19.5 Å². The normalized spacial score (nSPS) is 9.80. The predicted octanol–water partition coefficient (Wildman–Crippen LogP) is 2.45. The lowest BCUT2D eigenvalue weighted by atomic mass is 10.1. The van der Waals surface area contributed by atoms with Crippen LogP contribution in [-0.2, 0) is 9.53 Å². The smallest absolute Gasteiger partial charge is 0.256 e. The molecule has 0 saturated carbocycles. The zero-order valence-corrected chi connectivity index (χ0v) is 12.2. The van der Waals surface area contributed by atoms with Gasteiger partial charge in [-0.05, 0) is 37.4 Å². The molecule has 0 atom stereocenters. The van der Waals surface area contributed by atoms with Crippen LogP contribution in [0.3, 0.4) is 0 Å². The van der Waals surface area contributed by atoms with Crippen LogP contribution in [0.2, 0.25) is 0 Å². The zero-order valence-electron chi connectivity index (χ0n) is 12.2. The summed E-state index contributed by atoms with van der Waals surface area (Å²) in [7, 11) is 1.68. The maximum Gasteiger partial charge on any atom is 0.256 e. The molecule has 2 aromatic rings. The average molecular weight is 276 g/mol. The van der Waals surface area contributed by atoms with Gasteiger partial charge >= 0.3 is 0 Å². The number of pyridine rings is 1. The second-order valence-corrected chi connectivity index (χ2v) is 4.34. The van der Waals surface area contributed by atoms with E-state index < -0.39 is 0 Å². The monoisotopic (exact) mass is 276 g/mol. The second kappa shape index (κ2) is 7.45. The Kier molecular flexibility index (Phi) is 5.93. The molecule has 0 spiro atoms. The summed E-state index contributed by atoms with van der Waals surface area (Å²) in [5.41, 5.74) is 1.32. The molecule has 1 aromatic heterocycles. The minimum absolute atomic E-state index is 0.137. The van der Waals surface area contributed by atoms with E-state index in [2.05, 4.69) is 15.0 Å². The Labute approximate surface area is 118 Å². The number of hydrogen-bond acceptors (Lipinski definition) is 3. The van der Waals surface area contributed by atoms with Crippen molar-refractivity contribution in [3.63, 3.8) is 0 Å². The first-order valence-corrected chi connectivity index (χ1v) is 6.38. The Morgan fingerprint density at radius 3 is 2.55 bits per heavy atom. The number of aromatic nitrogens is 1. The number of aryl methyl sites for hydroxylation is 1. The maximum atomic E-state index is 11.7. The van der Waals surface area contributed by atoms with Gasteiger partial charge in [0.05, 0.1) is 0 Å². The van der Waals surface area contributed by atoms with Crippen molar-refractivity contribution in [2.75, 3.05) is 19.0 Å². The van der Waals surface area contributed by atoms with Gasteiger partial charge in [-0.25, -0.2) is 0 Å². The highest BCUT2D eigenvalue weighted by molar-refractivity contribution is 5.92. The van der Waals surface area contributed by atoms with E-state index in [1.165, 1.54) is 6.92 Å². The summed E-state index contributed by atoms with van der Waals surface area (Å²) in [6, 6.07) is 7.18. The first-order chi connectivity index (χ1) is 9.47. The van der Waals surface area contributed by atoms with Gasteiger partial charge in [-0.2, -0.15) is 0 Å². The van der Waals surface area contributed by atoms with E-state index in [1.54, 1.807) is 19.2 Å². The summed E-state index contributed by atoms with van der Waals surface area (Å²) in [4.78, 5) is 25.3. The molecule has 0 fully saturated rings. The number of methoxy groups -OCH3 is 1. The third-order valence-corrected chi connectivity index (χ3v) is 2.59. The number of hydrogen-bond donors (Lipinski definition) is 2.